The molecule has 0 unspecified atom stereocenters. The number of hydrogen-bond donors (Lipinski definition) is 3. The van der Waals surface area contributed by atoms with Gasteiger partial charge in [-0.25, -0.2) is 14.8 Å². The van der Waals surface area contributed by atoms with E-state index in [4.69, 9.17) is 15.0 Å². The van der Waals surface area contributed by atoms with Gasteiger partial charge in [0, 0.05) is 23.9 Å². The van der Waals surface area contributed by atoms with Gasteiger partial charge in [-0.1, -0.05) is 65.8 Å². The number of carbonyl (C=O) groups is 1. The van der Waals surface area contributed by atoms with Crippen molar-refractivity contribution in [1.29, 1.82) is 5.41 Å². The Bertz CT molecular complexity index is 1070. The number of carbonyl (C=O) groups excluding carboxylic acids is 1. The van der Waals surface area contributed by atoms with E-state index in [2.05, 4.69) is 15.5 Å². The fourth-order valence-corrected chi connectivity index (χ4v) is 3.41. The van der Waals surface area contributed by atoms with Crippen LogP contribution in [0.4, 0.5) is 9.93 Å². The average Bonchev–Trinajstić information content (AvgIpc) is 3.29. The largest absolute Gasteiger partial charge is 0.449 e. The molecule has 0 spiro atoms. The Balaban J connectivity index is 1.52. The molecule has 10 heteroatoms. The van der Waals surface area contributed by atoms with Crippen LogP contribution in [0, 0.1) is 5.41 Å². The van der Waals surface area contributed by atoms with Crippen LogP contribution in [0.1, 0.15) is 23.7 Å². The van der Waals surface area contributed by atoms with Crippen molar-refractivity contribution in [3.8, 4) is 0 Å². The highest BCUT2D eigenvalue weighted by molar-refractivity contribution is 7.13. The first-order valence-electron chi connectivity index (χ1n) is 10.3. The van der Waals surface area contributed by atoms with E-state index < -0.39 is 6.09 Å². The normalized spacial score (nSPS) is 11.0. The second-order valence-electron chi connectivity index (χ2n) is 6.78. The average molecular weight is 468 g/mol. The number of anilines is 1. The lowest BCUT2D eigenvalue weighted by atomic mass is 10.1. The zero-order chi connectivity index (χ0) is 23.5. The van der Waals surface area contributed by atoms with Crippen LogP contribution in [0.5, 0.6) is 0 Å². The van der Waals surface area contributed by atoms with Gasteiger partial charge in [0.1, 0.15) is 0 Å². The highest BCUT2D eigenvalue weighted by Gasteiger charge is 2.16. The maximum atomic E-state index is 12.0. The quantitative estimate of drug-likeness (QED) is 0.229. The van der Waals surface area contributed by atoms with Gasteiger partial charge in [0.25, 0.3) is 0 Å². The summed E-state index contributed by atoms with van der Waals surface area (Å²) in [6.45, 7) is 2.24. The Morgan fingerprint density at radius 1 is 1.18 bits per heavy atom. The summed E-state index contributed by atoms with van der Waals surface area (Å²) in [5.74, 6) is -0.178. The van der Waals surface area contributed by atoms with Crippen LogP contribution in [0.3, 0.4) is 0 Å². The molecule has 3 rings (SSSR count). The van der Waals surface area contributed by atoms with Crippen molar-refractivity contribution >= 4 is 34.1 Å². The number of aromatic nitrogens is 1. The Morgan fingerprint density at radius 3 is 2.58 bits per heavy atom. The van der Waals surface area contributed by atoms with E-state index in [-0.39, 0.29) is 31.3 Å². The number of nitrogens with one attached hydrogen (secondary N) is 2. The van der Waals surface area contributed by atoms with Gasteiger partial charge < -0.3 is 9.57 Å². The smallest absolute Gasteiger partial charge is 0.413 e. The van der Waals surface area contributed by atoms with E-state index in [1.807, 2.05) is 48.5 Å². The first-order valence-corrected chi connectivity index (χ1v) is 11.2. The summed E-state index contributed by atoms with van der Waals surface area (Å²) in [6.07, 6.45) is 0.0545. The molecule has 1 heterocycles. The molecule has 2 aromatic carbocycles. The number of hydroxylamine groups is 2. The predicted molar refractivity (Wildman–Crippen MR) is 127 cm³/mol. The Kier molecular flexibility index (Phi) is 8.92. The Morgan fingerprint density at radius 2 is 1.88 bits per heavy atom. The van der Waals surface area contributed by atoms with E-state index in [0.29, 0.717) is 22.8 Å². The van der Waals surface area contributed by atoms with Gasteiger partial charge in [-0.15, -0.1) is 11.3 Å². The van der Waals surface area contributed by atoms with Crippen molar-refractivity contribution in [3.05, 3.63) is 82.9 Å². The molecule has 0 aliphatic rings. The molecular weight excluding hydrogens is 442 g/mol. The second kappa shape index (κ2) is 12.3. The molecule has 33 heavy (non-hydrogen) atoms. The lowest BCUT2D eigenvalue weighted by Gasteiger charge is -2.16. The summed E-state index contributed by atoms with van der Waals surface area (Å²) in [5, 5.41) is 27.6. The third-order valence-corrected chi connectivity index (χ3v) is 5.23. The zero-order valence-electron chi connectivity index (χ0n) is 18.1. The summed E-state index contributed by atoms with van der Waals surface area (Å²) >= 11 is 1.24. The minimum absolute atomic E-state index is 0.0302. The third-order valence-electron chi connectivity index (χ3n) is 4.42. The van der Waals surface area contributed by atoms with Crippen molar-refractivity contribution in [2.24, 2.45) is 5.16 Å². The van der Waals surface area contributed by atoms with Gasteiger partial charge in [-0.2, -0.15) is 0 Å². The van der Waals surface area contributed by atoms with Crippen molar-refractivity contribution in [2.75, 3.05) is 18.5 Å². The van der Waals surface area contributed by atoms with Gasteiger partial charge in [-0.05, 0) is 12.5 Å². The second-order valence-corrected chi connectivity index (χ2v) is 7.64. The van der Waals surface area contributed by atoms with Gasteiger partial charge in [-0.3, -0.25) is 15.9 Å². The lowest BCUT2D eigenvalue weighted by Crippen LogP contribution is -2.33. The van der Waals surface area contributed by atoms with Gasteiger partial charge >= 0.3 is 6.09 Å². The van der Waals surface area contributed by atoms with Gasteiger partial charge in [0.15, 0.2) is 23.3 Å². The van der Waals surface area contributed by atoms with Crippen LogP contribution in [0.15, 0.2) is 71.2 Å². The van der Waals surface area contributed by atoms with Crippen LogP contribution < -0.4 is 5.32 Å². The molecule has 3 aromatic rings. The molecule has 1 aromatic heterocycles. The summed E-state index contributed by atoms with van der Waals surface area (Å²) < 4.78 is 5.19. The fourth-order valence-electron chi connectivity index (χ4n) is 2.73. The number of benzene rings is 2. The number of thiazole rings is 1. The summed E-state index contributed by atoms with van der Waals surface area (Å²) in [6, 6.07) is 18.8. The summed E-state index contributed by atoms with van der Waals surface area (Å²) in [7, 11) is 0. The number of rotatable bonds is 10. The van der Waals surface area contributed by atoms with E-state index >= 15 is 0 Å². The van der Waals surface area contributed by atoms with Crippen molar-refractivity contribution in [3.63, 3.8) is 0 Å². The van der Waals surface area contributed by atoms with E-state index in [0.717, 1.165) is 10.6 Å². The molecule has 172 valence electrons. The number of likely N-dealkylation sites (N-methyl/N-ethyl adjacent to an activating group) is 1. The van der Waals surface area contributed by atoms with Gasteiger partial charge in [0.05, 0.1) is 12.3 Å². The Hall–Kier alpha value is -3.76. The van der Waals surface area contributed by atoms with E-state index in [1.165, 1.54) is 11.3 Å². The van der Waals surface area contributed by atoms with Crippen molar-refractivity contribution in [2.45, 2.75) is 20.0 Å². The molecule has 0 radical (unpaired) electrons. The van der Waals surface area contributed by atoms with Crippen molar-refractivity contribution < 1.29 is 19.6 Å². The zero-order valence-corrected chi connectivity index (χ0v) is 18.9. The minimum atomic E-state index is -0.576. The Labute approximate surface area is 195 Å². The number of ether oxygens (including phenoxy) is 1. The molecule has 0 fully saturated rings. The van der Waals surface area contributed by atoms with Crippen LogP contribution in [0.25, 0.3) is 0 Å². The fraction of sp³-hybridized carbons (Fsp3) is 0.217. The molecular formula is C23H25N5O4S. The molecule has 9 nitrogen and oxygen atoms in total. The van der Waals surface area contributed by atoms with Crippen molar-refractivity contribution in [1.82, 2.24) is 10.0 Å². The van der Waals surface area contributed by atoms with Crippen LogP contribution >= 0.6 is 11.3 Å². The molecule has 0 aliphatic carbocycles. The maximum Gasteiger partial charge on any atom is 0.413 e. The highest BCUT2D eigenvalue weighted by atomic mass is 32.1. The highest BCUT2D eigenvalue weighted by Crippen LogP contribution is 2.17. The number of hydrogen-bond acceptors (Lipinski definition) is 8. The lowest BCUT2D eigenvalue weighted by molar-refractivity contribution is -0.00791. The first-order chi connectivity index (χ1) is 16.1. The minimum Gasteiger partial charge on any atom is -0.449 e. The third kappa shape index (κ3) is 7.41. The standard InChI is InChI=1S/C23H25N5O4S/c1-2-28(30)21(24)20(18-11-7-4-8-12-18)27-32-15-19-16-33-22(25-19)26-23(29)31-14-13-17-9-5-3-6-10-17/h3-12,16,24,30H,2,13-15H2,1H3,(H,25,26,29)/b24-21?,27-20-. The van der Waals surface area contributed by atoms with Crippen LogP contribution in [-0.4, -0.2) is 46.0 Å². The number of oxime groups is 1. The molecule has 0 aliphatic heterocycles. The monoisotopic (exact) mass is 467 g/mol. The van der Waals surface area contributed by atoms with Crippen LogP contribution in [-0.2, 0) is 22.6 Å². The maximum absolute atomic E-state index is 12.0. The van der Waals surface area contributed by atoms with E-state index in [9.17, 15) is 10.0 Å². The summed E-state index contributed by atoms with van der Waals surface area (Å²) in [5.41, 5.74) is 2.47. The van der Waals surface area contributed by atoms with Crippen LogP contribution in [0.2, 0.25) is 0 Å². The topological polar surface area (TPSA) is 120 Å². The number of nitrogens with zero attached hydrogens (tertiary/aromatic N) is 3. The van der Waals surface area contributed by atoms with Gasteiger partial charge in [0.2, 0.25) is 0 Å². The van der Waals surface area contributed by atoms with E-state index in [1.54, 1.807) is 24.4 Å². The number of amidine groups is 1. The first kappa shape index (κ1) is 23.9. The molecule has 0 saturated heterocycles. The molecule has 3 N–H and O–H groups in total. The number of amides is 1. The predicted octanol–water partition coefficient (Wildman–Crippen LogP) is 4.54. The molecule has 0 saturated carbocycles. The molecule has 0 bridgehead atoms. The molecule has 1 amide bonds. The SMILES string of the molecule is CCN(O)C(=N)/C(=N\OCc1csc(NC(=O)OCCc2ccccc2)n1)c1ccccc1. The summed E-state index contributed by atoms with van der Waals surface area (Å²) in [4.78, 5) is 21.6. The molecule has 0 atom stereocenters.